The highest BCUT2D eigenvalue weighted by atomic mass is 32.2. The highest BCUT2D eigenvalue weighted by molar-refractivity contribution is 7.89. The number of nitrogens with zero attached hydrogens (tertiary/aromatic N) is 3. The molecule has 106 valence electrons. The molecule has 1 aliphatic heterocycles. The van der Waals surface area contributed by atoms with Crippen molar-refractivity contribution in [1.29, 1.82) is 0 Å². The van der Waals surface area contributed by atoms with E-state index in [1.165, 1.54) is 6.20 Å². The number of anilines is 1. The lowest BCUT2D eigenvalue weighted by molar-refractivity contribution is 0.159. The lowest BCUT2D eigenvalue weighted by atomic mass is 10.2. The van der Waals surface area contributed by atoms with E-state index in [9.17, 15) is 8.42 Å². The third kappa shape index (κ3) is 2.88. The van der Waals surface area contributed by atoms with Gasteiger partial charge in [-0.25, -0.2) is 13.4 Å². The van der Waals surface area contributed by atoms with Crippen LogP contribution in [0.4, 0.5) is 5.82 Å². The molecule has 1 aromatic heterocycles. The fraction of sp³-hybridized carbons (Fsp3) is 0.583. The van der Waals surface area contributed by atoms with Crippen LogP contribution in [0.1, 0.15) is 6.92 Å². The Morgan fingerprint density at radius 1 is 1.42 bits per heavy atom. The number of aromatic nitrogens is 1. The summed E-state index contributed by atoms with van der Waals surface area (Å²) >= 11 is 0. The molecule has 1 aliphatic rings. The predicted octanol–water partition coefficient (Wildman–Crippen LogP) is 0.448. The highest BCUT2D eigenvalue weighted by Gasteiger charge is 2.30. The summed E-state index contributed by atoms with van der Waals surface area (Å²) in [4.78, 5) is 6.50. The van der Waals surface area contributed by atoms with Crippen molar-refractivity contribution in [3.63, 3.8) is 0 Å². The van der Waals surface area contributed by atoms with E-state index in [-0.39, 0.29) is 6.04 Å². The zero-order chi connectivity index (χ0) is 14.0. The minimum atomic E-state index is -3.42. The van der Waals surface area contributed by atoms with Crippen molar-refractivity contribution in [3.05, 3.63) is 18.3 Å². The molecule has 6 nitrogen and oxygen atoms in total. The van der Waals surface area contributed by atoms with Gasteiger partial charge in [-0.1, -0.05) is 0 Å². The van der Waals surface area contributed by atoms with Crippen LogP contribution in [0.5, 0.6) is 0 Å². The summed E-state index contributed by atoms with van der Waals surface area (Å²) < 4.78 is 26.7. The molecule has 1 atom stereocenters. The molecule has 7 heteroatoms. The van der Waals surface area contributed by atoms with Gasteiger partial charge in [-0.2, -0.15) is 4.31 Å². The molecule has 0 amide bonds. The monoisotopic (exact) mass is 284 g/mol. The third-order valence-electron chi connectivity index (χ3n) is 3.55. The summed E-state index contributed by atoms with van der Waals surface area (Å²) in [5.41, 5.74) is 0. The number of rotatable bonds is 3. The van der Waals surface area contributed by atoms with E-state index in [0.717, 1.165) is 6.54 Å². The Balaban J connectivity index is 2.27. The standard InChI is InChI=1S/C12H20N4O2S/c1-10-9-16(7-6-15(10)3)19(17,18)11-4-5-14-12(8-11)13-2/h4-5,8,10H,6-7,9H2,1-3H3,(H,13,14). The number of nitrogens with one attached hydrogen (secondary N) is 1. The van der Waals surface area contributed by atoms with E-state index < -0.39 is 10.0 Å². The molecule has 2 rings (SSSR count). The summed E-state index contributed by atoms with van der Waals surface area (Å²) in [6.07, 6.45) is 1.51. The van der Waals surface area contributed by atoms with Crippen molar-refractivity contribution in [2.24, 2.45) is 0 Å². The second kappa shape index (κ2) is 5.44. The first-order chi connectivity index (χ1) is 8.95. The van der Waals surface area contributed by atoms with Gasteiger partial charge in [0.2, 0.25) is 10.0 Å². The van der Waals surface area contributed by atoms with Crippen molar-refractivity contribution >= 4 is 15.8 Å². The molecular weight excluding hydrogens is 264 g/mol. The maximum atomic E-state index is 12.6. The first kappa shape index (κ1) is 14.2. The molecular formula is C12H20N4O2S. The average Bonchev–Trinajstić information content (AvgIpc) is 2.41. The Hall–Kier alpha value is -1.18. The lowest BCUT2D eigenvalue weighted by Gasteiger charge is -2.36. The van der Waals surface area contributed by atoms with Gasteiger partial charge >= 0.3 is 0 Å². The van der Waals surface area contributed by atoms with Crippen LogP contribution in [0.2, 0.25) is 0 Å². The van der Waals surface area contributed by atoms with E-state index in [2.05, 4.69) is 15.2 Å². The number of sulfonamides is 1. The number of piperazine rings is 1. The zero-order valence-electron chi connectivity index (χ0n) is 11.5. The molecule has 0 aliphatic carbocycles. The van der Waals surface area contributed by atoms with Crippen molar-refractivity contribution in [2.75, 3.05) is 39.0 Å². The molecule has 0 radical (unpaired) electrons. The van der Waals surface area contributed by atoms with Crippen molar-refractivity contribution in [3.8, 4) is 0 Å². The first-order valence-electron chi connectivity index (χ1n) is 6.29. The molecule has 2 heterocycles. The van der Waals surface area contributed by atoms with E-state index in [0.29, 0.717) is 23.8 Å². The van der Waals surface area contributed by atoms with Crippen molar-refractivity contribution in [1.82, 2.24) is 14.2 Å². The summed E-state index contributed by atoms with van der Waals surface area (Å²) in [6, 6.07) is 3.34. The molecule has 0 spiro atoms. The largest absolute Gasteiger partial charge is 0.373 e. The molecule has 19 heavy (non-hydrogen) atoms. The van der Waals surface area contributed by atoms with Gasteiger partial charge in [-0.05, 0) is 20.0 Å². The number of pyridine rings is 1. The maximum Gasteiger partial charge on any atom is 0.243 e. The van der Waals surface area contributed by atoms with Crippen LogP contribution in [0.25, 0.3) is 0 Å². The van der Waals surface area contributed by atoms with E-state index >= 15 is 0 Å². The van der Waals surface area contributed by atoms with Gasteiger partial charge in [0.25, 0.3) is 0 Å². The van der Waals surface area contributed by atoms with E-state index in [1.807, 2.05) is 14.0 Å². The van der Waals surface area contributed by atoms with Crippen LogP contribution in [-0.4, -0.2) is 62.4 Å². The third-order valence-corrected chi connectivity index (χ3v) is 5.41. The van der Waals surface area contributed by atoms with Crippen LogP contribution in [0.3, 0.4) is 0 Å². The molecule has 1 N–H and O–H groups in total. The molecule has 1 aromatic rings. The fourth-order valence-corrected chi connectivity index (χ4v) is 3.62. The SMILES string of the molecule is CNc1cc(S(=O)(=O)N2CCN(C)C(C)C2)ccn1. The van der Waals surface area contributed by atoms with E-state index in [1.54, 1.807) is 23.5 Å². The Morgan fingerprint density at radius 3 is 2.79 bits per heavy atom. The van der Waals surface area contributed by atoms with Crippen molar-refractivity contribution in [2.45, 2.75) is 17.9 Å². The highest BCUT2D eigenvalue weighted by Crippen LogP contribution is 2.20. The Labute approximate surface area is 114 Å². The molecule has 0 bridgehead atoms. The summed E-state index contributed by atoms with van der Waals surface area (Å²) in [7, 11) is 0.309. The van der Waals surface area contributed by atoms with Gasteiger partial charge in [-0.3, -0.25) is 0 Å². The van der Waals surface area contributed by atoms with Crippen LogP contribution < -0.4 is 5.32 Å². The topological polar surface area (TPSA) is 65.5 Å². The van der Waals surface area contributed by atoms with Crippen LogP contribution >= 0.6 is 0 Å². The molecule has 0 aromatic carbocycles. The van der Waals surface area contributed by atoms with Gasteiger partial charge in [0.15, 0.2) is 0 Å². The summed E-state index contributed by atoms with van der Waals surface area (Å²) in [6.45, 7) is 3.84. The van der Waals surface area contributed by atoms with Crippen LogP contribution in [0.15, 0.2) is 23.2 Å². The quantitative estimate of drug-likeness (QED) is 0.873. The van der Waals surface area contributed by atoms with Gasteiger partial charge in [0.1, 0.15) is 5.82 Å². The zero-order valence-corrected chi connectivity index (χ0v) is 12.3. The van der Waals surface area contributed by atoms with Gasteiger partial charge in [0, 0.05) is 45.0 Å². The summed E-state index contributed by atoms with van der Waals surface area (Å²) in [5, 5.41) is 2.86. The Kier molecular flexibility index (Phi) is 4.07. The molecule has 0 saturated carbocycles. The predicted molar refractivity (Wildman–Crippen MR) is 74.6 cm³/mol. The Morgan fingerprint density at radius 2 is 2.16 bits per heavy atom. The second-order valence-corrected chi connectivity index (χ2v) is 6.76. The minimum absolute atomic E-state index is 0.231. The van der Waals surface area contributed by atoms with E-state index in [4.69, 9.17) is 0 Å². The Bertz CT molecular complexity index is 546. The molecule has 1 saturated heterocycles. The lowest BCUT2D eigenvalue weighted by Crippen LogP contribution is -2.51. The maximum absolute atomic E-state index is 12.6. The average molecular weight is 284 g/mol. The van der Waals surface area contributed by atoms with Gasteiger partial charge in [0.05, 0.1) is 4.90 Å². The number of hydrogen-bond acceptors (Lipinski definition) is 5. The smallest absolute Gasteiger partial charge is 0.243 e. The van der Waals surface area contributed by atoms with Crippen LogP contribution in [0, 0.1) is 0 Å². The van der Waals surface area contributed by atoms with Crippen molar-refractivity contribution < 1.29 is 8.42 Å². The second-order valence-electron chi connectivity index (χ2n) is 4.82. The van der Waals surface area contributed by atoms with Crippen LogP contribution in [-0.2, 0) is 10.0 Å². The normalized spacial score (nSPS) is 22.4. The summed E-state index contributed by atoms with van der Waals surface area (Å²) in [5.74, 6) is 0.559. The number of hydrogen-bond donors (Lipinski definition) is 1. The minimum Gasteiger partial charge on any atom is -0.373 e. The van der Waals surface area contributed by atoms with Gasteiger partial charge < -0.3 is 10.2 Å². The first-order valence-corrected chi connectivity index (χ1v) is 7.73. The fourth-order valence-electron chi connectivity index (χ4n) is 2.09. The molecule has 1 unspecified atom stereocenters. The van der Waals surface area contributed by atoms with Gasteiger partial charge in [-0.15, -0.1) is 0 Å². The number of likely N-dealkylation sites (N-methyl/N-ethyl adjacent to an activating group) is 1. The molecule has 1 fully saturated rings.